The minimum absolute atomic E-state index is 0.00990. The Labute approximate surface area is 172 Å². The van der Waals surface area contributed by atoms with Gasteiger partial charge in [-0.1, -0.05) is 47.5 Å². The molecule has 5 heteroatoms. The number of likely N-dealkylation sites (tertiary alicyclic amines) is 1. The SMILES string of the molecule is Cc1ccc(C)c(CC(=O)N2CCC2(C)C(=O)N(C)Cc2ccc(Cl)cc2)c1. The second kappa shape index (κ2) is 7.96. The summed E-state index contributed by atoms with van der Waals surface area (Å²) < 4.78 is 0. The lowest BCUT2D eigenvalue weighted by molar-refractivity contribution is -0.163. The Morgan fingerprint density at radius 2 is 1.82 bits per heavy atom. The number of benzene rings is 2. The highest BCUT2D eigenvalue weighted by Gasteiger charge is 2.50. The van der Waals surface area contributed by atoms with Crippen LogP contribution in [0.3, 0.4) is 0 Å². The number of carbonyl (C=O) groups is 2. The van der Waals surface area contributed by atoms with E-state index in [0.717, 1.165) is 22.3 Å². The van der Waals surface area contributed by atoms with Crippen LogP contribution in [0.25, 0.3) is 0 Å². The maximum atomic E-state index is 13.1. The third-order valence-electron chi connectivity index (χ3n) is 5.71. The van der Waals surface area contributed by atoms with Gasteiger partial charge in [-0.05, 0) is 56.0 Å². The summed E-state index contributed by atoms with van der Waals surface area (Å²) in [4.78, 5) is 29.5. The van der Waals surface area contributed by atoms with Crippen molar-refractivity contribution in [3.63, 3.8) is 0 Å². The highest BCUT2D eigenvalue weighted by molar-refractivity contribution is 6.30. The monoisotopic (exact) mass is 398 g/mol. The molecule has 1 fully saturated rings. The van der Waals surface area contributed by atoms with Gasteiger partial charge >= 0.3 is 0 Å². The molecule has 0 bridgehead atoms. The fraction of sp³-hybridized carbons (Fsp3) is 0.391. The molecule has 2 aromatic rings. The van der Waals surface area contributed by atoms with Crippen molar-refractivity contribution in [3.8, 4) is 0 Å². The Hall–Kier alpha value is -2.33. The fourth-order valence-corrected chi connectivity index (χ4v) is 3.90. The Balaban J connectivity index is 1.68. The van der Waals surface area contributed by atoms with Gasteiger partial charge in [0.1, 0.15) is 5.54 Å². The maximum Gasteiger partial charge on any atom is 0.248 e. The first kappa shape index (κ1) is 20.4. The highest BCUT2D eigenvalue weighted by atomic mass is 35.5. The molecule has 0 aromatic heterocycles. The van der Waals surface area contributed by atoms with E-state index < -0.39 is 5.54 Å². The van der Waals surface area contributed by atoms with Crippen molar-refractivity contribution in [3.05, 3.63) is 69.7 Å². The third kappa shape index (κ3) is 4.07. The summed E-state index contributed by atoms with van der Waals surface area (Å²) in [5.41, 5.74) is 3.51. The van der Waals surface area contributed by atoms with E-state index in [-0.39, 0.29) is 11.8 Å². The van der Waals surface area contributed by atoms with Crippen LogP contribution in [0, 0.1) is 13.8 Å². The van der Waals surface area contributed by atoms with Crippen LogP contribution in [0.2, 0.25) is 5.02 Å². The molecule has 0 N–H and O–H groups in total. The molecular weight excluding hydrogens is 372 g/mol. The summed E-state index contributed by atoms with van der Waals surface area (Å²) in [7, 11) is 1.79. The molecular formula is C23H27ClN2O2. The molecule has 1 heterocycles. The average molecular weight is 399 g/mol. The predicted molar refractivity (Wildman–Crippen MR) is 112 cm³/mol. The van der Waals surface area contributed by atoms with Crippen LogP contribution in [0.15, 0.2) is 42.5 Å². The van der Waals surface area contributed by atoms with Crippen molar-refractivity contribution >= 4 is 23.4 Å². The van der Waals surface area contributed by atoms with E-state index >= 15 is 0 Å². The van der Waals surface area contributed by atoms with Crippen molar-refractivity contribution in [2.24, 2.45) is 0 Å². The smallest absolute Gasteiger partial charge is 0.248 e. The first-order valence-corrected chi connectivity index (χ1v) is 9.95. The molecule has 0 aliphatic carbocycles. The Bertz CT molecular complexity index is 894. The fourth-order valence-electron chi connectivity index (χ4n) is 3.78. The second-order valence-electron chi connectivity index (χ2n) is 7.96. The number of carbonyl (C=O) groups excluding carboxylic acids is 2. The summed E-state index contributed by atoms with van der Waals surface area (Å²) in [5, 5.41) is 0.673. The zero-order valence-corrected chi connectivity index (χ0v) is 17.7. The molecule has 1 unspecified atom stereocenters. The van der Waals surface area contributed by atoms with Crippen LogP contribution in [-0.4, -0.2) is 40.7 Å². The van der Waals surface area contributed by atoms with E-state index in [4.69, 9.17) is 11.6 Å². The zero-order chi connectivity index (χ0) is 20.5. The molecule has 2 amide bonds. The van der Waals surface area contributed by atoms with Gasteiger partial charge in [0, 0.05) is 25.2 Å². The van der Waals surface area contributed by atoms with Gasteiger partial charge in [-0.25, -0.2) is 0 Å². The molecule has 1 aliphatic rings. The molecule has 3 rings (SSSR count). The molecule has 1 aliphatic heterocycles. The number of halogens is 1. The minimum Gasteiger partial charge on any atom is -0.339 e. The van der Waals surface area contributed by atoms with Gasteiger partial charge < -0.3 is 9.80 Å². The van der Waals surface area contributed by atoms with E-state index in [1.54, 1.807) is 16.8 Å². The van der Waals surface area contributed by atoms with Gasteiger partial charge in [-0.2, -0.15) is 0 Å². The van der Waals surface area contributed by atoms with E-state index in [1.165, 1.54) is 0 Å². The largest absolute Gasteiger partial charge is 0.339 e. The van der Waals surface area contributed by atoms with E-state index in [1.807, 2.05) is 57.2 Å². The maximum absolute atomic E-state index is 13.1. The predicted octanol–water partition coefficient (Wildman–Crippen LogP) is 4.15. The summed E-state index contributed by atoms with van der Waals surface area (Å²) in [6, 6.07) is 13.6. The normalized spacial score (nSPS) is 18.5. The Kier molecular flexibility index (Phi) is 5.80. The van der Waals surface area contributed by atoms with Gasteiger partial charge in [-0.3, -0.25) is 9.59 Å². The number of hydrogen-bond acceptors (Lipinski definition) is 2. The quantitative estimate of drug-likeness (QED) is 0.759. The van der Waals surface area contributed by atoms with Crippen molar-refractivity contribution in [2.45, 2.75) is 45.7 Å². The van der Waals surface area contributed by atoms with Crippen molar-refractivity contribution < 1.29 is 9.59 Å². The summed E-state index contributed by atoms with van der Waals surface area (Å²) >= 11 is 5.93. The van der Waals surface area contributed by atoms with Gasteiger partial charge in [-0.15, -0.1) is 0 Å². The number of rotatable bonds is 5. The summed E-state index contributed by atoms with van der Waals surface area (Å²) in [6.45, 7) is 7.03. The van der Waals surface area contributed by atoms with E-state index in [0.29, 0.717) is 31.0 Å². The molecule has 2 aromatic carbocycles. The van der Waals surface area contributed by atoms with Crippen molar-refractivity contribution in [2.75, 3.05) is 13.6 Å². The standard InChI is InChI=1S/C23H27ClN2O2/c1-16-5-6-17(2)19(13-16)14-21(27)26-12-11-23(26,3)22(28)25(4)15-18-7-9-20(24)10-8-18/h5-10,13H,11-12,14-15H2,1-4H3. The van der Waals surface area contributed by atoms with Crippen LogP contribution >= 0.6 is 11.6 Å². The Morgan fingerprint density at radius 3 is 2.43 bits per heavy atom. The number of likely N-dealkylation sites (N-methyl/N-ethyl adjacent to an activating group) is 1. The van der Waals surface area contributed by atoms with Gasteiger partial charge in [0.2, 0.25) is 11.8 Å². The van der Waals surface area contributed by atoms with Crippen LogP contribution < -0.4 is 0 Å². The van der Waals surface area contributed by atoms with E-state index in [2.05, 4.69) is 6.07 Å². The van der Waals surface area contributed by atoms with Crippen molar-refractivity contribution in [1.82, 2.24) is 9.80 Å². The van der Waals surface area contributed by atoms with Gasteiger partial charge in [0.15, 0.2) is 0 Å². The Morgan fingerprint density at radius 1 is 1.14 bits per heavy atom. The van der Waals surface area contributed by atoms with Gasteiger partial charge in [0.25, 0.3) is 0 Å². The molecule has 0 radical (unpaired) electrons. The summed E-state index contributed by atoms with van der Waals surface area (Å²) in [6.07, 6.45) is 1.02. The number of hydrogen-bond donors (Lipinski definition) is 0. The zero-order valence-electron chi connectivity index (χ0n) is 17.0. The molecule has 1 atom stereocenters. The third-order valence-corrected chi connectivity index (χ3v) is 5.96. The molecule has 28 heavy (non-hydrogen) atoms. The number of nitrogens with zero attached hydrogens (tertiary/aromatic N) is 2. The topological polar surface area (TPSA) is 40.6 Å². The lowest BCUT2D eigenvalue weighted by Crippen LogP contribution is -2.67. The first-order valence-electron chi connectivity index (χ1n) is 9.57. The molecule has 4 nitrogen and oxygen atoms in total. The molecule has 1 saturated heterocycles. The summed E-state index contributed by atoms with van der Waals surface area (Å²) in [5.74, 6) is -0.0151. The van der Waals surface area contributed by atoms with E-state index in [9.17, 15) is 9.59 Å². The minimum atomic E-state index is -0.768. The molecule has 0 saturated carbocycles. The van der Waals surface area contributed by atoms with Crippen LogP contribution in [0.1, 0.15) is 35.6 Å². The number of amides is 2. The van der Waals surface area contributed by atoms with Gasteiger partial charge in [0.05, 0.1) is 6.42 Å². The van der Waals surface area contributed by atoms with Crippen molar-refractivity contribution in [1.29, 1.82) is 0 Å². The van der Waals surface area contributed by atoms with Crippen LogP contribution in [-0.2, 0) is 22.6 Å². The van der Waals surface area contributed by atoms with Crippen LogP contribution in [0.4, 0.5) is 0 Å². The average Bonchev–Trinajstić information content (AvgIpc) is 2.64. The molecule has 0 spiro atoms. The molecule has 148 valence electrons. The van der Waals surface area contributed by atoms with Crippen LogP contribution in [0.5, 0.6) is 0 Å². The highest BCUT2D eigenvalue weighted by Crippen LogP contribution is 2.33. The number of aryl methyl sites for hydroxylation is 2. The first-order chi connectivity index (χ1) is 13.2. The lowest BCUT2D eigenvalue weighted by Gasteiger charge is -2.50. The second-order valence-corrected chi connectivity index (χ2v) is 8.40. The lowest BCUT2D eigenvalue weighted by atomic mass is 9.84.